The van der Waals surface area contributed by atoms with E-state index in [1.807, 2.05) is 0 Å². The summed E-state index contributed by atoms with van der Waals surface area (Å²) in [5.41, 5.74) is 1.07. The predicted molar refractivity (Wildman–Crippen MR) is 107 cm³/mol. The standard InChI is InChI=1S/C19H21N3O3S2/c1-2-3-13-20-18(23)14-26-19-21-16-11-7-8-12-17(16)22(19)27(24,25)15-9-5-4-6-10-15/h4-12H,2-3,13-14H2,1H3,(H,20,23). The highest BCUT2D eigenvalue weighted by Gasteiger charge is 2.24. The molecule has 1 aromatic heterocycles. The van der Waals surface area contributed by atoms with E-state index in [1.54, 1.807) is 54.6 Å². The molecule has 27 heavy (non-hydrogen) atoms. The fourth-order valence-corrected chi connectivity index (χ4v) is 5.15. The van der Waals surface area contributed by atoms with Gasteiger partial charge >= 0.3 is 0 Å². The number of amides is 1. The van der Waals surface area contributed by atoms with Crippen LogP contribution in [0.4, 0.5) is 0 Å². The molecule has 1 heterocycles. The van der Waals surface area contributed by atoms with Crippen molar-refractivity contribution >= 4 is 38.7 Å². The van der Waals surface area contributed by atoms with Crippen LogP contribution >= 0.6 is 11.8 Å². The van der Waals surface area contributed by atoms with Crippen molar-refractivity contribution in [3.8, 4) is 0 Å². The molecule has 0 radical (unpaired) electrons. The smallest absolute Gasteiger partial charge is 0.270 e. The Balaban J connectivity index is 1.94. The number of aromatic nitrogens is 2. The van der Waals surface area contributed by atoms with Gasteiger partial charge in [0.15, 0.2) is 5.16 Å². The fraction of sp³-hybridized carbons (Fsp3) is 0.263. The number of thioether (sulfide) groups is 1. The maximum Gasteiger partial charge on any atom is 0.270 e. The van der Waals surface area contributed by atoms with Crippen LogP contribution in [-0.4, -0.2) is 35.6 Å². The van der Waals surface area contributed by atoms with Crippen LogP contribution in [0.2, 0.25) is 0 Å². The van der Waals surface area contributed by atoms with E-state index in [9.17, 15) is 13.2 Å². The van der Waals surface area contributed by atoms with E-state index in [2.05, 4.69) is 17.2 Å². The van der Waals surface area contributed by atoms with Crippen molar-refractivity contribution in [3.05, 3.63) is 54.6 Å². The average Bonchev–Trinajstić information content (AvgIpc) is 3.06. The van der Waals surface area contributed by atoms with Gasteiger partial charge in [-0.25, -0.2) is 17.4 Å². The molecule has 142 valence electrons. The number of nitrogens with zero attached hydrogens (tertiary/aromatic N) is 2. The fourth-order valence-electron chi connectivity index (χ4n) is 2.59. The second-order valence-electron chi connectivity index (χ2n) is 5.96. The monoisotopic (exact) mass is 403 g/mol. The molecule has 0 aliphatic carbocycles. The first-order valence-electron chi connectivity index (χ1n) is 8.71. The Labute approximate surface area is 163 Å². The minimum absolute atomic E-state index is 0.108. The van der Waals surface area contributed by atoms with Gasteiger partial charge in [-0.1, -0.05) is 55.4 Å². The Bertz CT molecular complexity index is 1030. The number of carbonyl (C=O) groups excluding carboxylic acids is 1. The van der Waals surface area contributed by atoms with Crippen molar-refractivity contribution in [2.24, 2.45) is 0 Å². The van der Waals surface area contributed by atoms with Gasteiger partial charge in [0.05, 0.1) is 21.7 Å². The Morgan fingerprint density at radius 1 is 1.11 bits per heavy atom. The lowest BCUT2D eigenvalue weighted by Crippen LogP contribution is -2.26. The van der Waals surface area contributed by atoms with Gasteiger partial charge in [-0.15, -0.1) is 0 Å². The maximum absolute atomic E-state index is 13.2. The molecule has 1 N–H and O–H groups in total. The van der Waals surface area contributed by atoms with Gasteiger partial charge in [0.25, 0.3) is 10.0 Å². The zero-order valence-corrected chi connectivity index (χ0v) is 16.6. The topological polar surface area (TPSA) is 81.1 Å². The molecule has 3 rings (SSSR count). The van der Waals surface area contributed by atoms with Crippen molar-refractivity contribution in [2.45, 2.75) is 29.8 Å². The zero-order valence-electron chi connectivity index (χ0n) is 15.0. The lowest BCUT2D eigenvalue weighted by Gasteiger charge is -2.10. The van der Waals surface area contributed by atoms with Crippen LogP contribution < -0.4 is 5.32 Å². The molecule has 0 bridgehead atoms. The van der Waals surface area contributed by atoms with Crippen molar-refractivity contribution in [1.82, 2.24) is 14.3 Å². The van der Waals surface area contributed by atoms with Crippen molar-refractivity contribution < 1.29 is 13.2 Å². The minimum Gasteiger partial charge on any atom is -0.355 e. The van der Waals surface area contributed by atoms with E-state index in [0.717, 1.165) is 24.6 Å². The summed E-state index contributed by atoms with van der Waals surface area (Å²) in [6, 6.07) is 15.3. The quantitative estimate of drug-likeness (QED) is 0.461. The maximum atomic E-state index is 13.2. The largest absolute Gasteiger partial charge is 0.355 e. The minimum atomic E-state index is -3.82. The van der Waals surface area contributed by atoms with Crippen molar-refractivity contribution in [3.63, 3.8) is 0 Å². The Morgan fingerprint density at radius 2 is 1.81 bits per heavy atom. The first kappa shape index (κ1) is 19.4. The molecular weight excluding hydrogens is 382 g/mol. The van der Waals surface area contributed by atoms with Gasteiger partial charge in [-0.2, -0.15) is 0 Å². The number of benzene rings is 2. The first-order valence-corrected chi connectivity index (χ1v) is 11.1. The van der Waals surface area contributed by atoms with E-state index < -0.39 is 10.0 Å². The number of nitrogens with one attached hydrogen (secondary N) is 1. The SMILES string of the molecule is CCCCNC(=O)CSc1nc2ccccc2n1S(=O)(=O)c1ccccc1. The molecule has 1 amide bonds. The third-order valence-corrected chi connectivity index (χ3v) is 6.73. The molecule has 0 atom stereocenters. The molecule has 0 unspecified atom stereocenters. The van der Waals surface area contributed by atoms with Crippen LogP contribution in [0.1, 0.15) is 19.8 Å². The lowest BCUT2D eigenvalue weighted by molar-refractivity contribution is -0.118. The second-order valence-corrected chi connectivity index (χ2v) is 8.69. The molecule has 8 heteroatoms. The van der Waals surface area contributed by atoms with Crippen LogP contribution in [-0.2, 0) is 14.8 Å². The molecule has 0 fully saturated rings. The molecular formula is C19H21N3O3S2. The number of hydrogen-bond donors (Lipinski definition) is 1. The summed E-state index contributed by atoms with van der Waals surface area (Å²) in [6.45, 7) is 2.67. The van der Waals surface area contributed by atoms with E-state index >= 15 is 0 Å². The number of hydrogen-bond acceptors (Lipinski definition) is 5. The number of carbonyl (C=O) groups is 1. The average molecular weight is 404 g/mol. The van der Waals surface area contributed by atoms with E-state index in [1.165, 1.54) is 3.97 Å². The highest BCUT2D eigenvalue weighted by atomic mass is 32.2. The summed E-state index contributed by atoms with van der Waals surface area (Å²) in [7, 11) is -3.82. The van der Waals surface area contributed by atoms with Gasteiger partial charge in [0.2, 0.25) is 5.91 Å². The van der Waals surface area contributed by atoms with Gasteiger partial charge in [-0.05, 0) is 30.7 Å². The van der Waals surface area contributed by atoms with Gasteiger partial charge in [0, 0.05) is 6.54 Å². The highest BCUT2D eigenvalue weighted by molar-refractivity contribution is 8.00. The van der Waals surface area contributed by atoms with Crippen LogP contribution in [0.3, 0.4) is 0 Å². The molecule has 3 aromatic rings. The van der Waals surface area contributed by atoms with E-state index in [-0.39, 0.29) is 21.7 Å². The summed E-state index contributed by atoms with van der Waals surface area (Å²) < 4.78 is 27.6. The van der Waals surface area contributed by atoms with Crippen LogP contribution in [0.5, 0.6) is 0 Å². The summed E-state index contributed by atoms with van der Waals surface area (Å²) in [5, 5.41) is 3.11. The lowest BCUT2D eigenvalue weighted by atomic mass is 10.3. The summed E-state index contributed by atoms with van der Waals surface area (Å²) in [6.07, 6.45) is 1.91. The zero-order chi connectivity index (χ0) is 19.3. The highest BCUT2D eigenvalue weighted by Crippen LogP contribution is 2.28. The molecule has 0 saturated carbocycles. The molecule has 0 saturated heterocycles. The van der Waals surface area contributed by atoms with Gasteiger partial charge in [-0.3, -0.25) is 4.79 Å². The Morgan fingerprint density at radius 3 is 2.56 bits per heavy atom. The molecule has 6 nitrogen and oxygen atoms in total. The van der Waals surface area contributed by atoms with E-state index in [0.29, 0.717) is 17.6 Å². The summed E-state index contributed by atoms with van der Waals surface area (Å²) in [4.78, 5) is 16.6. The number of unbranched alkanes of at least 4 members (excludes halogenated alkanes) is 1. The van der Waals surface area contributed by atoms with Gasteiger partial charge in [0.1, 0.15) is 0 Å². The summed E-state index contributed by atoms with van der Waals surface area (Å²) in [5.74, 6) is -0.0266. The third kappa shape index (κ3) is 4.33. The summed E-state index contributed by atoms with van der Waals surface area (Å²) >= 11 is 1.12. The van der Waals surface area contributed by atoms with Crippen LogP contribution in [0.15, 0.2) is 64.6 Å². The van der Waals surface area contributed by atoms with Crippen molar-refractivity contribution in [1.29, 1.82) is 0 Å². The molecule has 2 aromatic carbocycles. The second kappa shape index (κ2) is 8.58. The molecule has 0 spiro atoms. The predicted octanol–water partition coefficient (Wildman–Crippen LogP) is 3.28. The van der Waals surface area contributed by atoms with E-state index in [4.69, 9.17) is 0 Å². The Kier molecular flexibility index (Phi) is 6.18. The van der Waals surface area contributed by atoms with Crippen molar-refractivity contribution in [2.75, 3.05) is 12.3 Å². The first-order chi connectivity index (χ1) is 13.0. The van der Waals surface area contributed by atoms with Crippen LogP contribution in [0.25, 0.3) is 11.0 Å². The normalized spacial score (nSPS) is 11.6. The number of fused-ring (bicyclic) bond motifs is 1. The van der Waals surface area contributed by atoms with Crippen LogP contribution in [0, 0.1) is 0 Å². The molecule has 0 aliphatic rings. The van der Waals surface area contributed by atoms with Gasteiger partial charge < -0.3 is 5.32 Å². The Hall–Kier alpha value is -2.32. The number of imidazole rings is 1. The molecule has 0 aliphatic heterocycles. The number of rotatable bonds is 8. The number of para-hydroxylation sites is 2. The third-order valence-electron chi connectivity index (χ3n) is 3.96.